The highest BCUT2D eigenvalue weighted by Crippen LogP contribution is 2.27. The molecule has 2 aromatic carbocycles. The van der Waals surface area contributed by atoms with Crippen molar-refractivity contribution in [3.63, 3.8) is 0 Å². The smallest absolute Gasteiger partial charge is 0.226 e. The lowest BCUT2D eigenvalue weighted by molar-refractivity contribution is -0.119. The van der Waals surface area contributed by atoms with Gasteiger partial charge in [-0.2, -0.15) is 0 Å². The summed E-state index contributed by atoms with van der Waals surface area (Å²) in [6, 6.07) is 12.2. The molecule has 0 spiro atoms. The Morgan fingerprint density at radius 2 is 2.00 bits per heavy atom. The molecule has 0 radical (unpaired) electrons. The molecule has 5 nitrogen and oxygen atoms in total. The highest BCUT2D eigenvalue weighted by molar-refractivity contribution is 7.80. The molecule has 0 aromatic heterocycles. The molecule has 2 rings (SSSR count). The molecule has 2 N–H and O–H groups in total. The van der Waals surface area contributed by atoms with Crippen LogP contribution in [0.4, 0.5) is 5.69 Å². The van der Waals surface area contributed by atoms with Crippen molar-refractivity contribution in [2.75, 3.05) is 19.0 Å². The summed E-state index contributed by atoms with van der Waals surface area (Å²) in [7, 11) is 1.58. The van der Waals surface area contributed by atoms with Crippen LogP contribution >= 0.6 is 35.4 Å². The lowest BCUT2D eigenvalue weighted by Gasteiger charge is -2.11. The second kappa shape index (κ2) is 10.2. The number of rotatable bonds is 7. The van der Waals surface area contributed by atoms with Crippen LogP contribution in [0.15, 0.2) is 42.5 Å². The van der Waals surface area contributed by atoms with Crippen LogP contribution in [0.1, 0.15) is 12.8 Å². The fraction of sp³-hybridized carbons (Fsp3) is 0.222. The number of amides is 1. The maximum Gasteiger partial charge on any atom is 0.226 e. The highest BCUT2D eigenvalue weighted by atomic mass is 35.5. The van der Waals surface area contributed by atoms with Gasteiger partial charge in [0, 0.05) is 23.2 Å². The molecule has 0 unspecified atom stereocenters. The fourth-order valence-corrected chi connectivity index (χ4v) is 2.75. The van der Waals surface area contributed by atoms with Gasteiger partial charge in [-0.1, -0.05) is 29.3 Å². The van der Waals surface area contributed by atoms with Crippen LogP contribution in [0.5, 0.6) is 11.5 Å². The summed E-state index contributed by atoms with van der Waals surface area (Å²) in [4.78, 5) is 11.9. The predicted molar refractivity (Wildman–Crippen MR) is 109 cm³/mol. The topological polar surface area (TPSA) is 59.6 Å². The molecule has 0 fully saturated rings. The van der Waals surface area contributed by atoms with Crippen molar-refractivity contribution >= 4 is 52.1 Å². The zero-order chi connectivity index (χ0) is 18.9. The quantitative estimate of drug-likeness (QED) is 0.510. The largest absolute Gasteiger partial charge is 0.497 e. The number of hydrogen-bond acceptors (Lipinski definition) is 4. The number of hydrogen-bond donors (Lipinski definition) is 2. The Labute approximate surface area is 167 Å². The molecule has 26 heavy (non-hydrogen) atoms. The Bertz CT molecular complexity index is 787. The minimum absolute atomic E-state index is 0.198. The molecular weight excluding hydrogens is 395 g/mol. The molecule has 0 saturated carbocycles. The van der Waals surface area contributed by atoms with Gasteiger partial charge in [-0.25, -0.2) is 0 Å². The van der Waals surface area contributed by atoms with E-state index in [1.54, 1.807) is 31.4 Å². The molecule has 0 bridgehead atoms. The molecule has 8 heteroatoms. The zero-order valence-electron chi connectivity index (χ0n) is 14.1. The minimum Gasteiger partial charge on any atom is -0.497 e. The Morgan fingerprint density at radius 1 is 1.19 bits per heavy atom. The van der Waals surface area contributed by atoms with Crippen molar-refractivity contribution in [3.8, 4) is 11.5 Å². The normalized spacial score (nSPS) is 10.1. The fourth-order valence-electron chi connectivity index (χ4n) is 2.06. The van der Waals surface area contributed by atoms with Crippen LogP contribution in [-0.2, 0) is 4.79 Å². The minimum atomic E-state index is -0.198. The first-order valence-electron chi connectivity index (χ1n) is 7.80. The summed E-state index contributed by atoms with van der Waals surface area (Å²) in [5.41, 5.74) is 0.732. The van der Waals surface area contributed by atoms with Crippen molar-refractivity contribution < 1.29 is 14.3 Å². The number of anilines is 1. The third kappa shape index (κ3) is 6.71. The van der Waals surface area contributed by atoms with E-state index in [9.17, 15) is 4.79 Å². The van der Waals surface area contributed by atoms with E-state index in [-0.39, 0.29) is 17.4 Å². The van der Waals surface area contributed by atoms with E-state index in [0.29, 0.717) is 34.6 Å². The molecule has 0 saturated heterocycles. The SMILES string of the molecule is COc1cccc(NC(=S)NC(=O)CCCOc2ccc(Cl)cc2Cl)c1. The van der Waals surface area contributed by atoms with E-state index in [1.807, 2.05) is 18.2 Å². The van der Waals surface area contributed by atoms with E-state index in [4.69, 9.17) is 44.9 Å². The number of nitrogens with one attached hydrogen (secondary N) is 2. The highest BCUT2D eigenvalue weighted by Gasteiger charge is 2.07. The molecule has 138 valence electrons. The van der Waals surface area contributed by atoms with Crippen LogP contribution < -0.4 is 20.1 Å². The molecule has 0 aliphatic carbocycles. The lowest BCUT2D eigenvalue weighted by atomic mass is 10.3. The van der Waals surface area contributed by atoms with Gasteiger partial charge in [0.05, 0.1) is 18.7 Å². The van der Waals surface area contributed by atoms with E-state index in [1.165, 1.54) is 0 Å². The number of methoxy groups -OCH3 is 1. The van der Waals surface area contributed by atoms with Crippen molar-refractivity contribution in [2.45, 2.75) is 12.8 Å². The Kier molecular flexibility index (Phi) is 7.97. The Hall–Kier alpha value is -2.02. The van der Waals surface area contributed by atoms with Gasteiger partial charge in [0.2, 0.25) is 5.91 Å². The van der Waals surface area contributed by atoms with Gasteiger partial charge in [0.15, 0.2) is 5.11 Å². The van der Waals surface area contributed by atoms with Gasteiger partial charge in [-0.05, 0) is 49.0 Å². The molecule has 0 heterocycles. The van der Waals surface area contributed by atoms with Gasteiger partial charge >= 0.3 is 0 Å². The van der Waals surface area contributed by atoms with E-state index in [0.717, 1.165) is 5.69 Å². The van der Waals surface area contributed by atoms with E-state index >= 15 is 0 Å². The van der Waals surface area contributed by atoms with Crippen LogP contribution in [0.25, 0.3) is 0 Å². The van der Waals surface area contributed by atoms with Crippen LogP contribution in [0.3, 0.4) is 0 Å². The molecule has 0 aliphatic heterocycles. The average molecular weight is 413 g/mol. The Balaban J connectivity index is 1.70. The monoisotopic (exact) mass is 412 g/mol. The van der Waals surface area contributed by atoms with Crippen LogP contribution in [0, 0.1) is 0 Å². The average Bonchev–Trinajstić information content (AvgIpc) is 2.60. The first-order chi connectivity index (χ1) is 12.5. The summed E-state index contributed by atoms with van der Waals surface area (Å²) in [5.74, 6) is 1.03. The van der Waals surface area contributed by atoms with Crippen LogP contribution in [0.2, 0.25) is 10.0 Å². The molecule has 0 aliphatic rings. The van der Waals surface area contributed by atoms with Gasteiger partial charge in [0.1, 0.15) is 11.5 Å². The number of carbonyl (C=O) groups is 1. The number of thiocarbonyl (C=S) groups is 1. The number of halogens is 2. The first kappa shape index (κ1) is 20.3. The third-order valence-corrected chi connectivity index (χ3v) is 4.01. The standard InChI is InChI=1S/C18H18Cl2N2O3S/c1-24-14-5-2-4-13(11-14)21-18(26)22-17(23)6-3-9-25-16-8-7-12(19)10-15(16)20/h2,4-5,7-8,10-11H,3,6,9H2,1H3,(H2,21,22,23,26). The Morgan fingerprint density at radius 3 is 2.73 bits per heavy atom. The maximum atomic E-state index is 11.9. The molecule has 2 aromatic rings. The summed E-state index contributed by atoms with van der Waals surface area (Å²) >= 11 is 17.0. The molecular formula is C18H18Cl2N2O3S. The van der Waals surface area contributed by atoms with Crippen LogP contribution in [-0.4, -0.2) is 24.7 Å². The molecule has 0 atom stereocenters. The van der Waals surface area contributed by atoms with Crippen molar-refractivity contribution in [1.29, 1.82) is 0 Å². The van der Waals surface area contributed by atoms with Crippen molar-refractivity contribution in [2.24, 2.45) is 0 Å². The van der Waals surface area contributed by atoms with E-state index < -0.39 is 0 Å². The lowest BCUT2D eigenvalue weighted by Crippen LogP contribution is -2.34. The van der Waals surface area contributed by atoms with Gasteiger partial charge in [0.25, 0.3) is 0 Å². The van der Waals surface area contributed by atoms with Crippen molar-refractivity contribution in [3.05, 3.63) is 52.5 Å². The first-order valence-corrected chi connectivity index (χ1v) is 8.97. The summed E-state index contributed by atoms with van der Waals surface area (Å²) in [5, 5.41) is 6.76. The van der Waals surface area contributed by atoms with E-state index in [2.05, 4.69) is 10.6 Å². The second-order valence-corrected chi connectivity index (χ2v) is 6.51. The maximum absolute atomic E-state index is 11.9. The second-order valence-electron chi connectivity index (χ2n) is 5.26. The summed E-state index contributed by atoms with van der Waals surface area (Å²) in [6.45, 7) is 0.352. The van der Waals surface area contributed by atoms with Gasteiger partial charge in [-0.15, -0.1) is 0 Å². The van der Waals surface area contributed by atoms with Gasteiger partial charge < -0.3 is 20.1 Å². The zero-order valence-corrected chi connectivity index (χ0v) is 16.4. The number of benzene rings is 2. The number of carbonyl (C=O) groups excluding carboxylic acids is 1. The predicted octanol–water partition coefficient (Wildman–Crippen LogP) is 4.67. The third-order valence-electron chi connectivity index (χ3n) is 3.28. The summed E-state index contributed by atoms with van der Waals surface area (Å²) in [6.07, 6.45) is 0.789. The van der Waals surface area contributed by atoms with Crippen molar-refractivity contribution in [1.82, 2.24) is 5.32 Å². The molecule has 1 amide bonds. The number of ether oxygens (including phenoxy) is 2. The van der Waals surface area contributed by atoms with Gasteiger partial charge in [-0.3, -0.25) is 4.79 Å². The summed E-state index contributed by atoms with van der Waals surface area (Å²) < 4.78 is 10.7.